The maximum absolute atomic E-state index is 9.14. The number of hydrogen-bond donors (Lipinski definition) is 1. The van der Waals surface area contributed by atoms with Gasteiger partial charge in [0.15, 0.2) is 5.75 Å². The second-order valence-corrected chi connectivity index (χ2v) is 4.27. The van der Waals surface area contributed by atoms with Gasteiger partial charge in [0, 0.05) is 7.05 Å². The summed E-state index contributed by atoms with van der Waals surface area (Å²) in [5, 5.41) is 12.5. The molecule has 0 aliphatic heterocycles. The van der Waals surface area contributed by atoms with Gasteiger partial charge in [-0.1, -0.05) is 12.1 Å². The van der Waals surface area contributed by atoms with E-state index in [1.807, 2.05) is 12.1 Å². The van der Waals surface area contributed by atoms with Gasteiger partial charge in [-0.2, -0.15) is 20.2 Å². The highest BCUT2D eigenvalue weighted by Crippen LogP contribution is 2.35. The summed E-state index contributed by atoms with van der Waals surface area (Å²) in [7, 11) is 1.64. The van der Waals surface area contributed by atoms with E-state index >= 15 is 0 Å². The van der Waals surface area contributed by atoms with Crippen LogP contribution in [-0.2, 0) is 0 Å². The lowest BCUT2D eigenvalue weighted by Crippen LogP contribution is -2.01. The Balaban J connectivity index is 2.09. The number of fused-ring (bicyclic) bond motifs is 1. The Morgan fingerprint density at radius 1 is 1.29 bits per heavy atom. The van der Waals surface area contributed by atoms with E-state index in [1.54, 1.807) is 25.2 Å². The minimum Gasteiger partial charge on any atom is -0.442 e. The first-order valence-corrected chi connectivity index (χ1v) is 6.28. The Morgan fingerprint density at radius 2 is 2.10 bits per heavy atom. The van der Waals surface area contributed by atoms with Gasteiger partial charge in [-0.25, -0.2) is 0 Å². The van der Waals surface area contributed by atoms with Crippen molar-refractivity contribution in [3.8, 4) is 17.8 Å². The molecule has 0 amide bonds. The fourth-order valence-electron chi connectivity index (χ4n) is 1.78. The zero-order valence-corrected chi connectivity index (χ0v) is 11.5. The topological polar surface area (TPSA) is 96.9 Å². The van der Waals surface area contributed by atoms with Crippen molar-refractivity contribution in [2.75, 3.05) is 12.4 Å². The molecule has 0 radical (unpaired) electrons. The van der Waals surface area contributed by atoms with Crippen LogP contribution in [0, 0.1) is 11.3 Å². The summed E-state index contributed by atoms with van der Waals surface area (Å²) < 4.78 is 11.0. The Bertz CT molecular complexity index is 855. The number of ether oxygens (including phenoxy) is 1. The fourth-order valence-corrected chi connectivity index (χ4v) is 1.93. The molecule has 0 aliphatic rings. The summed E-state index contributed by atoms with van der Waals surface area (Å²) in [5.41, 5.74) is 0.540. The first-order chi connectivity index (χ1) is 10.2. The number of furan rings is 1. The second-order valence-electron chi connectivity index (χ2n) is 3.93. The number of benzene rings is 1. The summed E-state index contributed by atoms with van der Waals surface area (Å²) in [5.74, 6) is 0.549. The molecule has 7 nitrogen and oxygen atoms in total. The van der Waals surface area contributed by atoms with Crippen LogP contribution in [0.4, 0.5) is 5.95 Å². The van der Waals surface area contributed by atoms with Gasteiger partial charge in [0.1, 0.15) is 11.7 Å². The van der Waals surface area contributed by atoms with Gasteiger partial charge in [0.25, 0.3) is 0 Å². The van der Waals surface area contributed by atoms with Crippen molar-refractivity contribution in [2.24, 2.45) is 0 Å². The number of nitriles is 1. The van der Waals surface area contributed by atoms with Crippen LogP contribution in [0.3, 0.4) is 0 Å². The van der Waals surface area contributed by atoms with Crippen molar-refractivity contribution in [1.29, 1.82) is 5.26 Å². The lowest BCUT2D eigenvalue weighted by molar-refractivity contribution is 0.431. The van der Waals surface area contributed by atoms with Crippen LogP contribution in [0.2, 0.25) is 5.28 Å². The predicted molar refractivity (Wildman–Crippen MR) is 75.4 cm³/mol. The number of nitrogens with zero attached hydrogens (tertiary/aromatic N) is 4. The first-order valence-electron chi connectivity index (χ1n) is 5.90. The summed E-state index contributed by atoms with van der Waals surface area (Å²) in [4.78, 5) is 11.7. The van der Waals surface area contributed by atoms with E-state index in [0.717, 1.165) is 0 Å². The van der Waals surface area contributed by atoms with E-state index in [2.05, 4.69) is 20.3 Å². The molecule has 0 fully saturated rings. The number of halogens is 1. The van der Waals surface area contributed by atoms with Crippen LogP contribution in [-0.4, -0.2) is 22.0 Å². The first kappa shape index (κ1) is 13.1. The Kier molecular flexibility index (Phi) is 3.30. The summed E-state index contributed by atoms with van der Waals surface area (Å²) in [6.07, 6.45) is 0. The van der Waals surface area contributed by atoms with E-state index in [0.29, 0.717) is 11.0 Å². The molecule has 1 aromatic carbocycles. The summed E-state index contributed by atoms with van der Waals surface area (Å²) >= 11 is 5.79. The quantitative estimate of drug-likeness (QED) is 0.794. The molecule has 0 unspecified atom stereocenters. The molecule has 104 valence electrons. The largest absolute Gasteiger partial charge is 0.442 e. The molecule has 0 saturated carbocycles. The van der Waals surface area contributed by atoms with Gasteiger partial charge in [-0.05, 0) is 23.7 Å². The molecular weight excluding hydrogens is 294 g/mol. The van der Waals surface area contributed by atoms with Crippen LogP contribution in [0.1, 0.15) is 5.76 Å². The molecule has 0 aliphatic carbocycles. The molecule has 2 heterocycles. The monoisotopic (exact) mass is 301 g/mol. The van der Waals surface area contributed by atoms with Crippen molar-refractivity contribution in [3.05, 3.63) is 35.3 Å². The van der Waals surface area contributed by atoms with Gasteiger partial charge in [0.2, 0.25) is 17.0 Å². The van der Waals surface area contributed by atoms with Crippen LogP contribution < -0.4 is 10.1 Å². The highest BCUT2D eigenvalue weighted by atomic mass is 35.5. The number of para-hydroxylation sites is 1. The van der Waals surface area contributed by atoms with Crippen molar-refractivity contribution < 1.29 is 9.15 Å². The van der Waals surface area contributed by atoms with Crippen LogP contribution in [0.5, 0.6) is 11.8 Å². The molecular formula is C13H8ClN5O2. The van der Waals surface area contributed by atoms with Gasteiger partial charge >= 0.3 is 6.01 Å². The van der Waals surface area contributed by atoms with E-state index < -0.39 is 0 Å². The van der Waals surface area contributed by atoms with Gasteiger partial charge in [-0.15, -0.1) is 0 Å². The van der Waals surface area contributed by atoms with Crippen molar-refractivity contribution in [1.82, 2.24) is 15.0 Å². The number of aromatic nitrogens is 3. The predicted octanol–water partition coefficient (Wildman–Crippen LogP) is 2.98. The van der Waals surface area contributed by atoms with Crippen LogP contribution in [0.15, 0.2) is 28.7 Å². The van der Waals surface area contributed by atoms with Crippen molar-refractivity contribution in [2.45, 2.75) is 0 Å². The minimum atomic E-state index is -0.0256. The van der Waals surface area contributed by atoms with Gasteiger partial charge in [0.05, 0.1) is 5.39 Å². The average molecular weight is 302 g/mol. The highest BCUT2D eigenvalue weighted by molar-refractivity contribution is 6.28. The Morgan fingerprint density at radius 3 is 2.86 bits per heavy atom. The molecule has 0 saturated heterocycles. The van der Waals surface area contributed by atoms with E-state index in [1.165, 1.54) is 0 Å². The normalized spacial score (nSPS) is 10.3. The molecule has 0 spiro atoms. The SMILES string of the molecule is CNc1nc(Cl)nc(Oc2c(C#N)oc3ccccc23)n1. The third-order valence-electron chi connectivity index (χ3n) is 2.66. The maximum atomic E-state index is 9.14. The summed E-state index contributed by atoms with van der Waals surface area (Å²) in [6, 6.07) is 9.04. The molecule has 3 rings (SSSR count). The second kappa shape index (κ2) is 5.26. The maximum Gasteiger partial charge on any atom is 0.328 e. The minimum absolute atomic E-state index is 0.0179. The van der Waals surface area contributed by atoms with Gasteiger partial charge < -0.3 is 14.5 Å². The van der Waals surface area contributed by atoms with Crippen molar-refractivity contribution >= 4 is 28.5 Å². The smallest absolute Gasteiger partial charge is 0.328 e. The highest BCUT2D eigenvalue weighted by Gasteiger charge is 2.18. The molecule has 0 atom stereocenters. The molecule has 2 aromatic heterocycles. The number of nitrogens with one attached hydrogen (secondary N) is 1. The standard InChI is InChI=1S/C13H8ClN5O2/c1-16-12-17-11(14)18-13(19-12)21-10-7-4-2-3-5-8(7)20-9(10)6-15/h2-5H,1H3,(H,16,17,18,19). The zero-order valence-electron chi connectivity index (χ0n) is 10.8. The third-order valence-corrected chi connectivity index (χ3v) is 2.83. The van der Waals surface area contributed by atoms with E-state index in [9.17, 15) is 0 Å². The number of rotatable bonds is 3. The lowest BCUT2D eigenvalue weighted by atomic mass is 10.2. The van der Waals surface area contributed by atoms with Crippen LogP contribution in [0.25, 0.3) is 11.0 Å². The number of hydrogen-bond acceptors (Lipinski definition) is 7. The third kappa shape index (κ3) is 2.44. The Hall–Kier alpha value is -2.85. The van der Waals surface area contributed by atoms with Gasteiger partial charge in [-0.3, -0.25) is 0 Å². The van der Waals surface area contributed by atoms with Crippen molar-refractivity contribution in [3.63, 3.8) is 0 Å². The molecule has 21 heavy (non-hydrogen) atoms. The van der Waals surface area contributed by atoms with E-state index in [4.69, 9.17) is 26.0 Å². The fraction of sp³-hybridized carbons (Fsp3) is 0.0769. The van der Waals surface area contributed by atoms with E-state index in [-0.39, 0.29) is 28.8 Å². The molecule has 3 aromatic rings. The van der Waals surface area contributed by atoms with Crippen LogP contribution >= 0.6 is 11.6 Å². The Labute approximate surface area is 124 Å². The molecule has 1 N–H and O–H groups in total. The number of anilines is 1. The molecule has 8 heteroatoms. The lowest BCUT2D eigenvalue weighted by Gasteiger charge is -2.04. The average Bonchev–Trinajstić information content (AvgIpc) is 2.85. The molecule has 0 bridgehead atoms. The zero-order chi connectivity index (χ0) is 14.8. The summed E-state index contributed by atoms with van der Waals surface area (Å²) in [6.45, 7) is 0.